The summed E-state index contributed by atoms with van der Waals surface area (Å²) in [5.74, 6) is 2.41. The Hall–Kier alpha value is -2.30. The minimum Gasteiger partial charge on any atom is -0.444 e. The normalized spacial score (nSPS) is 12.7. The Bertz CT molecular complexity index is 898. The Morgan fingerprint density at radius 3 is 2.21 bits per heavy atom. The van der Waals surface area contributed by atoms with Gasteiger partial charge in [0.2, 0.25) is 5.89 Å². The molecule has 1 heterocycles. The topological polar surface area (TPSA) is 101 Å². The van der Waals surface area contributed by atoms with E-state index in [0.29, 0.717) is 30.9 Å². The van der Waals surface area contributed by atoms with E-state index in [1.165, 1.54) is 5.56 Å². The van der Waals surface area contributed by atoms with Crippen LogP contribution in [0.3, 0.4) is 0 Å². The van der Waals surface area contributed by atoms with E-state index in [4.69, 9.17) is 9.15 Å². The predicted molar refractivity (Wildman–Crippen MR) is 142 cm³/mol. The molecule has 0 bridgehead atoms. The molecule has 9 heteroatoms. The number of aryl methyl sites for hydroxylation is 2. The first-order valence-corrected chi connectivity index (χ1v) is 10.9. The number of nitrogens with zero attached hydrogens (tertiary/aromatic N) is 2. The number of amides is 1. The summed E-state index contributed by atoms with van der Waals surface area (Å²) in [6.07, 6.45) is -0.467. The van der Waals surface area contributed by atoms with Gasteiger partial charge in [0.1, 0.15) is 11.4 Å². The Labute approximate surface area is 214 Å². The van der Waals surface area contributed by atoms with E-state index < -0.39 is 11.7 Å². The minimum absolute atomic E-state index is 0. The average Bonchev–Trinajstić information content (AvgIpc) is 3.03. The van der Waals surface area contributed by atoms with Crippen molar-refractivity contribution in [3.05, 3.63) is 52.7 Å². The number of alkyl carbamates (subject to hydrolysis) is 1. The third kappa shape index (κ3) is 9.61. The maximum Gasteiger partial charge on any atom is 0.408 e. The van der Waals surface area contributed by atoms with Gasteiger partial charge in [-0.3, -0.25) is 4.99 Å². The van der Waals surface area contributed by atoms with Crippen molar-refractivity contribution >= 4 is 36.0 Å². The van der Waals surface area contributed by atoms with Crippen LogP contribution in [0.25, 0.3) is 0 Å². The number of ether oxygens (including phenoxy) is 1. The minimum atomic E-state index is -0.576. The molecule has 0 fully saturated rings. The van der Waals surface area contributed by atoms with Crippen LogP contribution in [-0.4, -0.2) is 36.2 Å². The van der Waals surface area contributed by atoms with Crippen molar-refractivity contribution in [2.75, 3.05) is 13.6 Å². The first-order valence-electron chi connectivity index (χ1n) is 10.9. The van der Waals surface area contributed by atoms with Crippen LogP contribution in [0.15, 0.2) is 33.7 Å². The van der Waals surface area contributed by atoms with Gasteiger partial charge < -0.3 is 25.1 Å². The molecule has 0 radical (unpaired) electrons. The molecule has 2 aromatic rings. The fourth-order valence-corrected chi connectivity index (χ4v) is 3.01. The van der Waals surface area contributed by atoms with Gasteiger partial charge in [-0.2, -0.15) is 0 Å². The van der Waals surface area contributed by atoms with Gasteiger partial charge in [-0.05, 0) is 51.7 Å². The van der Waals surface area contributed by atoms with E-state index in [1.54, 1.807) is 7.05 Å². The molecule has 184 valence electrons. The van der Waals surface area contributed by atoms with Crippen LogP contribution in [0.1, 0.15) is 75.1 Å². The molecule has 0 aliphatic carbocycles. The van der Waals surface area contributed by atoms with Crippen molar-refractivity contribution in [1.29, 1.82) is 0 Å². The summed E-state index contributed by atoms with van der Waals surface area (Å²) in [4.78, 5) is 21.1. The Balaban J connectivity index is 0.00000544. The first kappa shape index (κ1) is 28.7. The van der Waals surface area contributed by atoms with Crippen LogP contribution in [0.4, 0.5) is 4.79 Å². The van der Waals surface area contributed by atoms with Gasteiger partial charge >= 0.3 is 6.09 Å². The van der Waals surface area contributed by atoms with Crippen molar-refractivity contribution in [1.82, 2.24) is 20.9 Å². The molecule has 0 spiro atoms. The molecule has 33 heavy (non-hydrogen) atoms. The fourth-order valence-electron chi connectivity index (χ4n) is 3.01. The van der Waals surface area contributed by atoms with Crippen LogP contribution in [0.5, 0.6) is 0 Å². The van der Waals surface area contributed by atoms with Crippen LogP contribution in [0.2, 0.25) is 0 Å². The summed E-state index contributed by atoms with van der Waals surface area (Å²) < 4.78 is 11.1. The molecule has 1 aromatic heterocycles. The molecule has 0 saturated carbocycles. The molecule has 2 rings (SSSR count). The zero-order valence-corrected chi connectivity index (χ0v) is 23.2. The molecule has 0 saturated heterocycles. The van der Waals surface area contributed by atoms with Gasteiger partial charge in [-0.15, -0.1) is 24.0 Å². The van der Waals surface area contributed by atoms with E-state index in [1.807, 2.05) is 46.8 Å². The lowest BCUT2D eigenvalue weighted by Gasteiger charge is -2.25. The molecule has 1 unspecified atom stereocenters. The van der Waals surface area contributed by atoms with E-state index >= 15 is 0 Å². The summed E-state index contributed by atoms with van der Waals surface area (Å²) in [5.41, 5.74) is 2.51. The Morgan fingerprint density at radius 1 is 1.12 bits per heavy atom. The Kier molecular flexibility index (Phi) is 11.2. The summed E-state index contributed by atoms with van der Waals surface area (Å²) in [5, 5.41) is 9.42. The van der Waals surface area contributed by atoms with Crippen molar-refractivity contribution in [2.24, 2.45) is 4.99 Å². The average molecular weight is 572 g/mol. The monoisotopic (exact) mass is 571 g/mol. The zero-order valence-electron chi connectivity index (χ0n) is 20.9. The fraction of sp³-hybridized carbons (Fsp3) is 0.542. The number of nitrogens with one attached hydrogen (secondary N) is 3. The number of hydrogen-bond donors (Lipinski definition) is 3. The third-order valence-electron chi connectivity index (χ3n) is 4.87. The number of aliphatic imine (C=N–C) groups is 1. The van der Waals surface area contributed by atoms with Gasteiger partial charge in [0, 0.05) is 13.6 Å². The summed E-state index contributed by atoms with van der Waals surface area (Å²) in [6, 6.07) is 7.94. The van der Waals surface area contributed by atoms with Crippen LogP contribution in [0, 0.1) is 13.8 Å². The van der Waals surface area contributed by atoms with Crippen LogP contribution < -0.4 is 16.0 Å². The third-order valence-corrected chi connectivity index (χ3v) is 4.87. The summed E-state index contributed by atoms with van der Waals surface area (Å²) in [7, 11) is 1.69. The molecule has 1 atom stereocenters. The van der Waals surface area contributed by atoms with Crippen LogP contribution in [-0.2, 0) is 11.3 Å². The van der Waals surface area contributed by atoms with E-state index in [2.05, 4.69) is 51.9 Å². The number of oxazole rings is 1. The number of carbonyl (C=O) groups excluding carboxylic acids is 1. The van der Waals surface area contributed by atoms with Gasteiger partial charge in [-0.25, -0.2) is 9.78 Å². The second kappa shape index (κ2) is 12.8. The highest BCUT2D eigenvalue weighted by molar-refractivity contribution is 14.0. The standard InChI is InChI=1S/C24H37N5O3.HI/c1-15(2)18-9-11-19(12-10-18)20(29-23(30)32-24(5,6)7)13-26-22(25-8)27-14-21-28-16(3)17(4)31-21;/h9-12,15,20H,13-14H2,1-8H3,(H,29,30)(H2,25,26,27);1H. The quantitative estimate of drug-likeness (QED) is 0.247. The van der Waals surface area contributed by atoms with Gasteiger partial charge in [0.15, 0.2) is 5.96 Å². The lowest BCUT2D eigenvalue weighted by Crippen LogP contribution is -2.44. The highest BCUT2D eigenvalue weighted by Gasteiger charge is 2.21. The van der Waals surface area contributed by atoms with E-state index in [0.717, 1.165) is 17.0 Å². The van der Waals surface area contributed by atoms with Gasteiger partial charge in [-0.1, -0.05) is 38.1 Å². The maximum absolute atomic E-state index is 12.4. The maximum atomic E-state index is 12.4. The number of rotatable bonds is 7. The summed E-state index contributed by atoms with van der Waals surface area (Å²) in [6.45, 7) is 14.5. The first-order chi connectivity index (χ1) is 15.0. The second-order valence-corrected chi connectivity index (χ2v) is 9.08. The largest absolute Gasteiger partial charge is 0.444 e. The summed E-state index contributed by atoms with van der Waals surface area (Å²) >= 11 is 0. The van der Waals surface area contributed by atoms with Crippen molar-refractivity contribution in [2.45, 2.75) is 72.6 Å². The number of aromatic nitrogens is 1. The number of hydrogen-bond acceptors (Lipinski definition) is 5. The highest BCUT2D eigenvalue weighted by atomic mass is 127. The van der Waals surface area contributed by atoms with Crippen molar-refractivity contribution in [3.63, 3.8) is 0 Å². The molecule has 0 aliphatic rings. The molecule has 1 amide bonds. The van der Waals surface area contributed by atoms with Crippen LogP contribution >= 0.6 is 24.0 Å². The van der Waals surface area contributed by atoms with E-state index in [-0.39, 0.29) is 30.0 Å². The molecule has 3 N–H and O–H groups in total. The zero-order chi connectivity index (χ0) is 23.9. The number of guanidine groups is 1. The van der Waals surface area contributed by atoms with Gasteiger partial charge in [0.25, 0.3) is 0 Å². The smallest absolute Gasteiger partial charge is 0.408 e. The number of benzene rings is 1. The van der Waals surface area contributed by atoms with Crippen molar-refractivity contribution < 1.29 is 13.9 Å². The predicted octanol–water partition coefficient (Wildman–Crippen LogP) is 4.96. The van der Waals surface area contributed by atoms with Crippen molar-refractivity contribution in [3.8, 4) is 0 Å². The van der Waals surface area contributed by atoms with Gasteiger partial charge in [0.05, 0.1) is 18.3 Å². The SMILES string of the molecule is CN=C(NCc1nc(C)c(C)o1)NCC(NC(=O)OC(C)(C)C)c1ccc(C(C)C)cc1.I. The molecular formula is C24H38IN5O3. The lowest BCUT2D eigenvalue weighted by molar-refractivity contribution is 0.0504. The van der Waals surface area contributed by atoms with E-state index in [9.17, 15) is 4.79 Å². The second-order valence-electron chi connectivity index (χ2n) is 9.08. The highest BCUT2D eigenvalue weighted by Crippen LogP contribution is 2.19. The number of halogens is 1. The molecule has 1 aromatic carbocycles. The molecular weight excluding hydrogens is 533 g/mol. The Morgan fingerprint density at radius 2 is 1.73 bits per heavy atom. The lowest BCUT2D eigenvalue weighted by atomic mass is 9.99. The number of carbonyl (C=O) groups is 1. The molecule has 0 aliphatic heterocycles. The molecule has 8 nitrogen and oxygen atoms in total.